The largest absolute Gasteiger partial charge is 0.349 e. The normalized spacial score (nSPS) is 12.4. The fourth-order valence-corrected chi connectivity index (χ4v) is 2.35. The first-order valence-corrected chi connectivity index (χ1v) is 7.39. The molecule has 4 heteroatoms. The molecule has 1 amide bonds. The van der Waals surface area contributed by atoms with Crippen LogP contribution in [0.1, 0.15) is 37.4 Å². The lowest BCUT2D eigenvalue weighted by atomic mass is 9.96. The molecule has 0 aliphatic carbocycles. The van der Waals surface area contributed by atoms with Crippen LogP contribution in [0.2, 0.25) is 0 Å². The SMILES string of the molecule is Cc1cnn(CCC(=O)NC(c2ccccc2)C(C)C)c1. The Morgan fingerprint density at radius 1 is 1.29 bits per heavy atom. The Morgan fingerprint density at radius 3 is 2.57 bits per heavy atom. The highest BCUT2D eigenvalue weighted by molar-refractivity contribution is 5.76. The van der Waals surface area contributed by atoms with Crippen LogP contribution >= 0.6 is 0 Å². The molecule has 2 aromatic rings. The molecule has 0 fully saturated rings. The highest BCUT2D eigenvalue weighted by Gasteiger charge is 2.17. The van der Waals surface area contributed by atoms with Crippen LogP contribution in [0, 0.1) is 12.8 Å². The number of hydrogen-bond donors (Lipinski definition) is 1. The van der Waals surface area contributed by atoms with Gasteiger partial charge < -0.3 is 5.32 Å². The summed E-state index contributed by atoms with van der Waals surface area (Å²) in [7, 11) is 0. The second kappa shape index (κ2) is 7.07. The van der Waals surface area contributed by atoms with Crippen molar-refractivity contribution in [3.63, 3.8) is 0 Å². The van der Waals surface area contributed by atoms with E-state index in [1.807, 2.05) is 36.0 Å². The van der Waals surface area contributed by atoms with Crippen LogP contribution in [0.25, 0.3) is 0 Å². The Kier molecular flexibility index (Phi) is 5.14. The van der Waals surface area contributed by atoms with E-state index in [0.717, 1.165) is 11.1 Å². The Morgan fingerprint density at radius 2 is 2.00 bits per heavy atom. The number of nitrogens with zero attached hydrogens (tertiary/aromatic N) is 2. The maximum Gasteiger partial charge on any atom is 0.222 e. The molecule has 2 rings (SSSR count). The summed E-state index contributed by atoms with van der Waals surface area (Å²) in [4.78, 5) is 12.2. The van der Waals surface area contributed by atoms with Gasteiger partial charge in [0.2, 0.25) is 5.91 Å². The van der Waals surface area contributed by atoms with E-state index in [9.17, 15) is 4.79 Å². The molecule has 1 aromatic carbocycles. The first kappa shape index (κ1) is 15.3. The van der Waals surface area contributed by atoms with E-state index in [1.54, 1.807) is 6.20 Å². The van der Waals surface area contributed by atoms with E-state index in [4.69, 9.17) is 0 Å². The van der Waals surface area contributed by atoms with Gasteiger partial charge in [-0.15, -0.1) is 0 Å². The van der Waals surface area contributed by atoms with Crippen molar-refractivity contribution >= 4 is 5.91 Å². The molecule has 1 atom stereocenters. The van der Waals surface area contributed by atoms with E-state index in [0.29, 0.717) is 18.9 Å². The van der Waals surface area contributed by atoms with E-state index in [-0.39, 0.29) is 11.9 Å². The van der Waals surface area contributed by atoms with Gasteiger partial charge in [0.15, 0.2) is 0 Å². The number of carbonyl (C=O) groups excluding carboxylic acids is 1. The van der Waals surface area contributed by atoms with Crippen LogP contribution in [-0.4, -0.2) is 15.7 Å². The lowest BCUT2D eigenvalue weighted by Crippen LogP contribution is -2.32. The van der Waals surface area contributed by atoms with Gasteiger partial charge in [-0.05, 0) is 24.0 Å². The molecular formula is C17H23N3O. The van der Waals surface area contributed by atoms with Gasteiger partial charge in [-0.1, -0.05) is 44.2 Å². The van der Waals surface area contributed by atoms with Gasteiger partial charge in [-0.25, -0.2) is 0 Å². The van der Waals surface area contributed by atoms with Gasteiger partial charge >= 0.3 is 0 Å². The predicted octanol–water partition coefficient (Wildman–Crippen LogP) is 3.10. The minimum Gasteiger partial charge on any atom is -0.349 e. The van der Waals surface area contributed by atoms with Crippen molar-refractivity contribution in [2.45, 2.75) is 39.8 Å². The van der Waals surface area contributed by atoms with Crippen LogP contribution < -0.4 is 5.32 Å². The Balaban J connectivity index is 1.93. The summed E-state index contributed by atoms with van der Waals surface area (Å²) in [5.74, 6) is 0.411. The maximum absolute atomic E-state index is 12.2. The minimum atomic E-state index is 0.0538. The molecule has 112 valence electrons. The number of aryl methyl sites for hydroxylation is 2. The van der Waals surface area contributed by atoms with Crippen LogP contribution in [0.3, 0.4) is 0 Å². The van der Waals surface area contributed by atoms with E-state index >= 15 is 0 Å². The van der Waals surface area contributed by atoms with Crippen LogP contribution in [-0.2, 0) is 11.3 Å². The van der Waals surface area contributed by atoms with E-state index in [2.05, 4.69) is 36.4 Å². The number of amides is 1. The molecule has 0 spiro atoms. The summed E-state index contributed by atoms with van der Waals surface area (Å²) in [6.07, 6.45) is 4.19. The molecule has 0 saturated heterocycles. The molecule has 4 nitrogen and oxygen atoms in total. The molecule has 1 N–H and O–H groups in total. The third-order valence-corrected chi connectivity index (χ3v) is 3.47. The van der Waals surface area contributed by atoms with E-state index < -0.39 is 0 Å². The van der Waals surface area contributed by atoms with Gasteiger partial charge in [-0.3, -0.25) is 9.48 Å². The lowest BCUT2D eigenvalue weighted by Gasteiger charge is -2.23. The molecule has 0 radical (unpaired) electrons. The zero-order valence-electron chi connectivity index (χ0n) is 12.9. The molecule has 0 aliphatic rings. The van der Waals surface area contributed by atoms with Crippen molar-refractivity contribution in [1.29, 1.82) is 0 Å². The summed E-state index contributed by atoms with van der Waals surface area (Å²) < 4.78 is 1.81. The van der Waals surface area contributed by atoms with E-state index in [1.165, 1.54) is 0 Å². The fraction of sp³-hybridized carbons (Fsp3) is 0.412. The number of carbonyl (C=O) groups is 1. The van der Waals surface area contributed by atoms with Gasteiger partial charge in [0, 0.05) is 19.2 Å². The number of nitrogens with one attached hydrogen (secondary N) is 1. The zero-order chi connectivity index (χ0) is 15.2. The molecule has 0 saturated carbocycles. The third kappa shape index (κ3) is 4.45. The monoisotopic (exact) mass is 285 g/mol. The van der Waals surface area contributed by atoms with Gasteiger partial charge in [0.25, 0.3) is 0 Å². The Bertz CT molecular complexity index is 575. The van der Waals surface area contributed by atoms with Crippen molar-refractivity contribution in [2.75, 3.05) is 0 Å². The average molecular weight is 285 g/mol. The van der Waals surface area contributed by atoms with Gasteiger partial charge in [0.05, 0.1) is 12.2 Å². The summed E-state index contributed by atoms with van der Waals surface area (Å²) >= 11 is 0. The topological polar surface area (TPSA) is 46.9 Å². The molecule has 21 heavy (non-hydrogen) atoms. The predicted molar refractivity (Wildman–Crippen MR) is 83.7 cm³/mol. The highest BCUT2D eigenvalue weighted by Crippen LogP contribution is 2.21. The second-order valence-corrected chi connectivity index (χ2v) is 5.73. The van der Waals surface area contributed by atoms with Crippen LogP contribution in [0.5, 0.6) is 0 Å². The Hall–Kier alpha value is -2.10. The minimum absolute atomic E-state index is 0.0538. The highest BCUT2D eigenvalue weighted by atomic mass is 16.1. The van der Waals surface area contributed by atoms with Crippen molar-refractivity contribution in [3.8, 4) is 0 Å². The standard InChI is InChI=1S/C17H23N3O/c1-13(2)17(15-7-5-4-6-8-15)19-16(21)9-10-20-12-14(3)11-18-20/h4-8,11-13,17H,9-10H2,1-3H3,(H,19,21). The molecule has 0 aliphatic heterocycles. The Labute approximate surface area is 126 Å². The number of hydrogen-bond acceptors (Lipinski definition) is 2. The smallest absolute Gasteiger partial charge is 0.222 e. The summed E-state index contributed by atoms with van der Waals surface area (Å²) in [5.41, 5.74) is 2.26. The quantitative estimate of drug-likeness (QED) is 0.886. The second-order valence-electron chi connectivity index (χ2n) is 5.73. The molecule has 1 aromatic heterocycles. The number of aromatic nitrogens is 2. The molecule has 1 heterocycles. The number of benzene rings is 1. The third-order valence-electron chi connectivity index (χ3n) is 3.47. The van der Waals surface area contributed by atoms with Crippen LogP contribution in [0.4, 0.5) is 0 Å². The van der Waals surface area contributed by atoms with Gasteiger partial charge in [0.1, 0.15) is 0 Å². The summed E-state index contributed by atoms with van der Waals surface area (Å²) in [6, 6.07) is 10.2. The fourth-order valence-electron chi connectivity index (χ4n) is 2.35. The first-order chi connectivity index (χ1) is 10.1. The summed E-state index contributed by atoms with van der Waals surface area (Å²) in [5, 5.41) is 7.33. The van der Waals surface area contributed by atoms with Crippen molar-refractivity contribution in [1.82, 2.24) is 15.1 Å². The maximum atomic E-state index is 12.2. The lowest BCUT2D eigenvalue weighted by molar-refractivity contribution is -0.122. The molecular weight excluding hydrogens is 262 g/mol. The first-order valence-electron chi connectivity index (χ1n) is 7.39. The average Bonchev–Trinajstić information content (AvgIpc) is 2.89. The molecule has 1 unspecified atom stereocenters. The van der Waals surface area contributed by atoms with Crippen molar-refractivity contribution in [3.05, 3.63) is 53.9 Å². The summed E-state index contributed by atoms with van der Waals surface area (Å²) in [6.45, 7) is 6.84. The van der Waals surface area contributed by atoms with Crippen molar-refractivity contribution in [2.24, 2.45) is 5.92 Å². The van der Waals surface area contributed by atoms with Crippen LogP contribution in [0.15, 0.2) is 42.7 Å². The number of rotatable bonds is 6. The van der Waals surface area contributed by atoms with Gasteiger partial charge in [-0.2, -0.15) is 5.10 Å². The molecule has 0 bridgehead atoms. The zero-order valence-corrected chi connectivity index (χ0v) is 12.9. The van der Waals surface area contributed by atoms with Crippen molar-refractivity contribution < 1.29 is 4.79 Å².